The largest absolute Gasteiger partial charge is 0.475 e. The van der Waals surface area contributed by atoms with Crippen molar-refractivity contribution in [3.63, 3.8) is 0 Å². The van der Waals surface area contributed by atoms with Crippen LogP contribution in [-0.4, -0.2) is 24.8 Å². The summed E-state index contributed by atoms with van der Waals surface area (Å²) in [7, 11) is -0.277. The molecule has 4 aliphatic rings. The molecular formula is C19H28BNO2. The molecule has 1 aliphatic heterocycles. The number of hydrogen-bond acceptors (Lipinski definition) is 3. The summed E-state index contributed by atoms with van der Waals surface area (Å²) in [6, 6.07) is 8.54. The van der Waals surface area contributed by atoms with Crippen molar-refractivity contribution in [3.8, 4) is 0 Å². The molecule has 2 N–H and O–H groups in total. The minimum absolute atomic E-state index is 0.112. The highest BCUT2D eigenvalue weighted by Gasteiger charge is 2.68. The van der Waals surface area contributed by atoms with Crippen LogP contribution in [0.3, 0.4) is 0 Å². The normalized spacial score (nSPS) is 38.8. The highest BCUT2D eigenvalue weighted by molar-refractivity contribution is 6.47. The van der Waals surface area contributed by atoms with Gasteiger partial charge in [-0.3, -0.25) is 0 Å². The lowest BCUT2D eigenvalue weighted by atomic mass is 9.43. The Labute approximate surface area is 140 Å². The minimum atomic E-state index is -0.277. The average Bonchev–Trinajstić information content (AvgIpc) is 2.84. The van der Waals surface area contributed by atoms with Crippen molar-refractivity contribution < 1.29 is 9.31 Å². The fourth-order valence-electron chi connectivity index (χ4n) is 5.29. The van der Waals surface area contributed by atoms with Gasteiger partial charge in [-0.25, -0.2) is 0 Å². The molecule has 3 nitrogen and oxygen atoms in total. The van der Waals surface area contributed by atoms with E-state index < -0.39 is 0 Å². The lowest BCUT2D eigenvalue weighted by Crippen LogP contribution is -2.65. The van der Waals surface area contributed by atoms with Crippen LogP contribution in [0.4, 0.5) is 0 Å². The minimum Gasteiger partial charge on any atom is -0.404 e. The van der Waals surface area contributed by atoms with Gasteiger partial charge in [0, 0.05) is 5.94 Å². The first-order valence-corrected chi connectivity index (χ1v) is 8.95. The summed E-state index contributed by atoms with van der Waals surface area (Å²) >= 11 is 0. The topological polar surface area (TPSA) is 44.5 Å². The molecule has 5 rings (SSSR count). The van der Waals surface area contributed by atoms with Crippen LogP contribution in [0.2, 0.25) is 0 Å². The van der Waals surface area contributed by atoms with E-state index >= 15 is 0 Å². The van der Waals surface area contributed by atoms with E-state index in [0.717, 1.165) is 18.8 Å². The smallest absolute Gasteiger partial charge is 0.404 e. The van der Waals surface area contributed by atoms with Gasteiger partial charge in [-0.1, -0.05) is 43.7 Å². The summed E-state index contributed by atoms with van der Waals surface area (Å²) in [5.74, 6) is 1.26. The SMILES string of the molecule is Cc1cccc(C[C@@H](N)B2O[C@@H]3C[C@@H]4C[C@@H](C4(C)C)[C@]3(C)O2)c1. The van der Waals surface area contributed by atoms with Crippen molar-refractivity contribution in [3.05, 3.63) is 35.4 Å². The third-order valence-electron chi connectivity index (χ3n) is 6.87. The molecule has 1 saturated heterocycles. The van der Waals surface area contributed by atoms with Gasteiger partial charge in [0.25, 0.3) is 0 Å². The molecule has 23 heavy (non-hydrogen) atoms. The van der Waals surface area contributed by atoms with Gasteiger partial charge in [-0.15, -0.1) is 0 Å². The van der Waals surface area contributed by atoms with E-state index in [2.05, 4.69) is 52.0 Å². The third-order valence-corrected chi connectivity index (χ3v) is 6.87. The molecule has 5 atom stereocenters. The number of hydrogen-bond donors (Lipinski definition) is 1. The molecule has 3 saturated carbocycles. The molecule has 0 radical (unpaired) electrons. The van der Waals surface area contributed by atoms with E-state index in [0.29, 0.717) is 11.3 Å². The molecule has 1 aromatic carbocycles. The lowest BCUT2D eigenvalue weighted by Gasteiger charge is -2.64. The Balaban J connectivity index is 1.48. The Bertz CT molecular complexity index is 619. The van der Waals surface area contributed by atoms with Crippen LogP contribution in [0, 0.1) is 24.2 Å². The van der Waals surface area contributed by atoms with Gasteiger partial charge in [0.2, 0.25) is 0 Å². The molecule has 0 spiro atoms. The summed E-state index contributed by atoms with van der Waals surface area (Å²) < 4.78 is 12.7. The maximum Gasteiger partial charge on any atom is 0.475 e. The maximum absolute atomic E-state index is 6.46. The van der Waals surface area contributed by atoms with E-state index in [1.807, 2.05) is 0 Å². The number of rotatable bonds is 3. The van der Waals surface area contributed by atoms with Crippen molar-refractivity contribution in [2.45, 2.75) is 64.6 Å². The highest BCUT2D eigenvalue weighted by atomic mass is 16.7. The second-order valence-corrected chi connectivity index (χ2v) is 8.69. The monoisotopic (exact) mass is 313 g/mol. The molecule has 0 amide bonds. The Morgan fingerprint density at radius 1 is 1.30 bits per heavy atom. The zero-order valence-corrected chi connectivity index (χ0v) is 14.7. The molecule has 4 fully saturated rings. The predicted octanol–water partition coefficient (Wildman–Crippen LogP) is 3.13. The lowest BCUT2D eigenvalue weighted by molar-refractivity contribution is -0.199. The summed E-state index contributed by atoms with van der Waals surface area (Å²) in [6.45, 7) is 9.13. The summed E-state index contributed by atoms with van der Waals surface area (Å²) in [4.78, 5) is 0. The van der Waals surface area contributed by atoms with Crippen molar-refractivity contribution >= 4 is 7.12 Å². The molecule has 4 heteroatoms. The zero-order chi connectivity index (χ0) is 16.4. The van der Waals surface area contributed by atoms with Crippen LogP contribution in [0.15, 0.2) is 24.3 Å². The standard InChI is InChI=1S/C19H28BNO2/c1-12-6-5-7-13(8-12)9-17(21)20-22-16-11-14-10-15(18(14,2)3)19(16,4)23-20/h5-8,14-17H,9-11,21H2,1-4H3/t14-,15-,16+,17+,19-/m0/s1. The predicted molar refractivity (Wildman–Crippen MR) is 93.0 cm³/mol. The van der Waals surface area contributed by atoms with Gasteiger partial charge in [-0.2, -0.15) is 0 Å². The van der Waals surface area contributed by atoms with Gasteiger partial charge in [0.15, 0.2) is 0 Å². The first kappa shape index (κ1) is 15.7. The first-order chi connectivity index (χ1) is 10.8. The zero-order valence-electron chi connectivity index (χ0n) is 14.7. The fourth-order valence-corrected chi connectivity index (χ4v) is 5.29. The molecule has 124 valence electrons. The maximum atomic E-state index is 6.46. The Hall–Kier alpha value is -0.835. The first-order valence-electron chi connectivity index (χ1n) is 8.95. The number of nitrogens with two attached hydrogens (primary N) is 1. The quantitative estimate of drug-likeness (QED) is 0.872. The van der Waals surface area contributed by atoms with Crippen molar-refractivity contribution in [1.82, 2.24) is 0 Å². The van der Waals surface area contributed by atoms with Crippen molar-refractivity contribution in [1.29, 1.82) is 0 Å². The molecule has 2 bridgehead atoms. The Morgan fingerprint density at radius 3 is 2.78 bits per heavy atom. The number of aryl methyl sites for hydroxylation is 1. The van der Waals surface area contributed by atoms with Crippen molar-refractivity contribution in [2.75, 3.05) is 0 Å². The van der Waals surface area contributed by atoms with Crippen LogP contribution in [0.5, 0.6) is 0 Å². The average molecular weight is 313 g/mol. The van der Waals surface area contributed by atoms with Gasteiger partial charge in [0.05, 0.1) is 11.7 Å². The van der Waals surface area contributed by atoms with Gasteiger partial charge < -0.3 is 15.0 Å². The second kappa shape index (κ2) is 5.08. The summed E-state index contributed by atoms with van der Waals surface area (Å²) in [5, 5.41) is 0. The Kier molecular flexibility index (Phi) is 3.46. The molecule has 3 aliphatic carbocycles. The molecule has 1 aromatic rings. The van der Waals surface area contributed by atoms with Crippen LogP contribution >= 0.6 is 0 Å². The number of benzene rings is 1. The van der Waals surface area contributed by atoms with E-state index in [9.17, 15) is 0 Å². The van der Waals surface area contributed by atoms with Crippen molar-refractivity contribution in [2.24, 2.45) is 23.0 Å². The van der Waals surface area contributed by atoms with Crippen LogP contribution in [0.1, 0.15) is 44.7 Å². The fraction of sp³-hybridized carbons (Fsp3) is 0.684. The van der Waals surface area contributed by atoms with Crippen LogP contribution in [0.25, 0.3) is 0 Å². The summed E-state index contributed by atoms with van der Waals surface area (Å²) in [6.07, 6.45) is 3.41. The second-order valence-electron chi connectivity index (χ2n) is 8.69. The molecule has 0 unspecified atom stereocenters. The Morgan fingerprint density at radius 2 is 2.09 bits per heavy atom. The van der Waals surface area contributed by atoms with E-state index in [-0.39, 0.29) is 24.8 Å². The highest BCUT2D eigenvalue weighted by Crippen LogP contribution is 2.65. The van der Waals surface area contributed by atoms with Crippen LogP contribution < -0.4 is 5.73 Å². The van der Waals surface area contributed by atoms with E-state index in [4.69, 9.17) is 15.0 Å². The van der Waals surface area contributed by atoms with Crippen LogP contribution in [-0.2, 0) is 15.7 Å². The molecule has 1 heterocycles. The van der Waals surface area contributed by atoms with Gasteiger partial charge >= 0.3 is 7.12 Å². The van der Waals surface area contributed by atoms with E-state index in [1.54, 1.807) is 0 Å². The molecule has 0 aromatic heterocycles. The van der Waals surface area contributed by atoms with E-state index in [1.165, 1.54) is 17.5 Å². The third kappa shape index (κ3) is 2.30. The molecular weight excluding hydrogens is 285 g/mol. The van der Waals surface area contributed by atoms with Gasteiger partial charge in [-0.05, 0) is 55.9 Å². The summed E-state index contributed by atoms with van der Waals surface area (Å²) in [5.41, 5.74) is 9.20. The van der Waals surface area contributed by atoms with Gasteiger partial charge in [0.1, 0.15) is 0 Å².